The Morgan fingerprint density at radius 1 is 1.45 bits per heavy atom. The molecule has 2 N–H and O–H groups in total. The second-order valence-corrected chi connectivity index (χ2v) is 4.73. The molecule has 0 spiro atoms. The number of carboxylic acid groups (broad SMARTS) is 1. The summed E-state index contributed by atoms with van der Waals surface area (Å²) in [6.07, 6.45) is 0.362. The van der Waals surface area contributed by atoms with Crippen molar-refractivity contribution in [2.75, 3.05) is 0 Å². The molecule has 108 valence electrons. The maximum absolute atomic E-state index is 12.2. The Morgan fingerprint density at radius 3 is 2.65 bits per heavy atom. The van der Waals surface area contributed by atoms with Crippen LogP contribution in [0.3, 0.4) is 0 Å². The zero-order valence-electron chi connectivity index (χ0n) is 11.5. The maximum atomic E-state index is 12.2. The molecule has 0 aliphatic carbocycles. The molecule has 0 aliphatic rings. The molecular formula is C12H16N4O4. The van der Waals surface area contributed by atoms with Crippen molar-refractivity contribution in [3.8, 4) is 0 Å². The number of H-pyrrole nitrogens is 1. The van der Waals surface area contributed by atoms with E-state index in [1.54, 1.807) is 0 Å². The zero-order chi connectivity index (χ0) is 15.0. The molecule has 1 atom stereocenters. The second kappa shape index (κ2) is 4.95. The Bertz CT molecular complexity index is 783. The van der Waals surface area contributed by atoms with Crippen molar-refractivity contribution in [1.29, 1.82) is 0 Å². The van der Waals surface area contributed by atoms with Crippen molar-refractivity contribution >= 4 is 17.1 Å². The van der Waals surface area contributed by atoms with Crippen molar-refractivity contribution in [2.24, 2.45) is 7.05 Å². The second-order valence-electron chi connectivity index (χ2n) is 4.73. The first-order valence-electron chi connectivity index (χ1n) is 6.28. The van der Waals surface area contributed by atoms with Gasteiger partial charge in [0.25, 0.3) is 5.56 Å². The van der Waals surface area contributed by atoms with Gasteiger partial charge in [-0.15, -0.1) is 0 Å². The summed E-state index contributed by atoms with van der Waals surface area (Å²) in [6, 6.07) is -0.141. The lowest BCUT2D eigenvalue weighted by atomic mass is 10.2. The maximum Gasteiger partial charge on any atom is 0.332 e. The summed E-state index contributed by atoms with van der Waals surface area (Å²) in [4.78, 5) is 41.8. The lowest BCUT2D eigenvalue weighted by molar-refractivity contribution is -0.136. The molecular weight excluding hydrogens is 264 g/mol. The van der Waals surface area contributed by atoms with Gasteiger partial charge in [0, 0.05) is 13.1 Å². The Hall–Kier alpha value is -2.38. The molecule has 20 heavy (non-hydrogen) atoms. The third-order valence-corrected chi connectivity index (χ3v) is 3.32. The molecule has 2 rings (SSSR count). The Labute approximate surface area is 113 Å². The van der Waals surface area contributed by atoms with Gasteiger partial charge in [-0.3, -0.25) is 18.7 Å². The first-order chi connectivity index (χ1) is 9.36. The molecule has 0 amide bonds. The summed E-state index contributed by atoms with van der Waals surface area (Å²) in [6.45, 7) is 3.76. The minimum atomic E-state index is -1.06. The number of aliphatic carboxylic acids is 1. The van der Waals surface area contributed by atoms with Crippen LogP contribution in [0, 0.1) is 0 Å². The number of nitrogens with zero attached hydrogens (tertiary/aromatic N) is 3. The van der Waals surface area contributed by atoms with E-state index >= 15 is 0 Å². The van der Waals surface area contributed by atoms with Gasteiger partial charge in [0.15, 0.2) is 5.65 Å². The van der Waals surface area contributed by atoms with E-state index < -0.39 is 17.2 Å². The Balaban J connectivity index is 2.83. The molecule has 2 heterocycles. The van der Waals surface area contributed by atoms with Crippen LogP contribution in [-0.2, 0) is 18.3 Å². The number of hydrogen-bond donors (Lipinski definition) is 2. The fraction of sp³-hybridized carbons (Fsp3) is 0.500. The van der Waals surface area contributed by atoms with Crippen molar-refractivity contribution in [3.63, 3.8) is 0 Å². The molecule has 0 fully saturated rings. The van der Waals surface area contributed by atoms with Gasteiger partial charge in [-0.2, -0.15) is 0 Å². The van der Waals surface area contributed by atoms with Crippen LogP contribution in [-0.4, -0.2) is 30.2 Å². The summed E-state index contributed by atoms with van der Waals surface area (Å²) in [5.41, 5.74) is -0.591. The average molecular weight is 280 g/mol. The van der Waals surface area contributed by atoms with Gasteiger partial charge >= 0.3 is 11.7 Å². The van der Waals surface area contributed by atoms with E-state index in [9.17, 15) is 14.4 Å². The van der Waals surface area contributed by atoms with Gasteiger partial charge in [0.2, 0.25) is 0 Å². The van der Waals surface area contributed by atoms with E-state index in [0.29, 0.717) is 6.42 Å². The molecule has 0 saturated heterocycles. The molecule has 8 heteroatoms. The lowest BCUT2D eigenvalue weighted by Crippen LogP contribution is -2.39. The summed E-state index contributed by atoms with van der Waals surface area (Å²) in [5, 5.41) is 8.78. The van der Waals surface area contributed by atoms with Crippen LogP contribution >= 0.6 is 0 Å². The Morgan fingerprint density at radius 2 is 2.10 bits per heavy atom. The van der Waals surface area contributed by atoms with Gasteiger partial charge in [-0.25, -0.2) is 9.78 Å². The number of aromatic nitrogens is 4. The minimum Gasteiger partial charge on any atom is -0.481 e. The fourth-order valence-electron chi connectivity index (χ4n) is 2.05. The van der Waals surface area contributed by atoms with E-state index in [4.69, 9.17) is 5.11 Å². The number of rotatable bonds is 4. The van der Waals surface area contributed by atoms with E-state index in [-0.39, 0.29) is 29.5 Å². The zero-order valence-corrected chi connectivity index (χ0v) is 11.5. The SMILES string of the molecule is CCC(C)n1c(=O)n(C)c(=O)c2[nH]c(CC(=O)O)nc21. The largest absolute Gasteiger partial charge is 0.481 e. The molecule has 0 radical (unpaired) electrons. The van der Waals surface area contributed by atoms with Crippen molar-refractivity contribution in [1.82, 2.24) is 19.1 Å². The van der Waals surface area contributed by atoms with Crippen LogP contribution in [0.4, 0.5) is 0 Å². The van der Waals surface area contributed by atoms with Crippen LogP contribution < -0.4 is 11.2 Å². The van der Waals surface area contributed by atoms with Crippen molar-refractivity contribution in [2.45, 2.75) is 32.7 Å². The first kappa shape index (κ1) is 14.0. The van der Waals surface area contributed by atoms with Crippen LogP contribution in [0.5, 0.6) is 0 Å². The minimum absolute atomic E-state index is 0.141. The van der Waals surface area contributed by atoms with Crippen LogP contribution in [0.2, 0.25) is 0 Å². The normalized spacial score (nSPS) is 12.8. The topological polar surface area (TPSA) is 110 Å². The van der Waals surface area contributed by atoms with E-state index in [2.05, 4.69) is 9.97 Å². The number of carboxylic acids is 1. The number of imidazole rings is 1. The molecule has 1 unspecified atom stereocenters. The quantitative estimate of drug-likeness (QED) is 0.820. The van der Waals surface area contributed by atoms with Gasteiger partial charge in [0.05, 0.1) is 0 Å². The first-order valence-corrected chi connectivity index (χ1v) is 6.28. The van der Waals surface area contributed by atoms with Gasteiger partial charge in [-0.05, 0) is 13.3 Å². The average Bonchev–Trinajstić information content (AvgIpc) is 2.78. The molecule has 0 aromatic carbocycles. The summed E-state index contributed by atoms with van der Waals surface area (Å²) >= 11 is 0. The monoisotopic (exact) mass is 280 g/mol. The highest BCUT2D eigenvalue weighted by atomic mass is 16.4. The van der Waals surface area contributed by atoms with Crippen molar-refractivity contribution < 1.29 is 9.90 Å². The molecule has 0 aliphatic heterocycles. The van der Waals surface area contributed by atoms with E-state index in [1.807, 2.05) is 13.8 Å². The van der Waals surface area contributed by atoms with Crippen LogP contribution in [0.1, 0.15) is 32.1 Å². The van der Waals surface area contributed by atoms with E-state index in [0.717, 1.165) is 4.57 Å². The third kappa shape index (κ3) is 2.13. The summed E-state index contributed by atoms with van der Waals surface area (Å²) < 4.78 is 2.41. The van der Waals surface area contributed by atoms with Gasteiger partial charge in [0.1, 0.15) is 17.8 Å². The molecule has 0 bridgehead atoms. The van der Waals surface area contributed by atoms with Gasteiger partial charge < -0.3 is 10.1 Å². The predicted molar refractivity (Wildman–Crippen MR) is 71.9 cm³/mol. The third-order valence-electron chi connectivity index (χ3n) is 3.32. The highest BCUT2D eigenvalue weighted by Gasteiger charge is 2.19. The summed E-state index contributed by atoms with van der Waals surface area (Å²) in [5.74, 6) is -0.898. The predicted octanol–water partition coefficient (Wildman–Crippen LogP) is 0.0214. The highest BCUT2D eigenvalue weighted by molar-refractivity contribution is 5.73. The van der Waals surface area contributed by atoms with Crippen LogP contribution in [0.25, 0.3) is 11.2 Å². The van der Waals surface area contributed by atoms with E-state index in [1.165, 1.54) is 11.6 Å². The van der Waals surface area contributed by atoms with Crippen molar-refractivity contribution in [3.05, 3.63) is 26.7 Å². The molecule has 2 aromatic heterocycles. The van der Waals surface area contributed by atoms with Crippen LogP contribution in [0.15, 0.2) is 9.59 Å². The fourth-order valence-corrected chi connectivity index (χ4v) is 2.05. The van der Waals surface area contributed by atoms with Gasteiger partial charge in [-0.1, -0.05) is 6.92 Å². The molecule has 8 nitrogen and oxygen atoms in total. The number of aromatic amines is 1. The molecule has 0 saturated carbocycles. The number of carbonyl (C=O) groups is 1. The summed E-state index contributed by atoms with van der Waals surface area (Å²) in [7, 11) is 1.39. The lowest BCUT2D eigenvalue weighted by Gasteiger charge is -2.14. The molecule has 2 aromatic rings. The number of hydrogen-bond acceptors (Lipinski definition) is 4. The number of nitrogens with one attached hydrogen (secondary N) is 1. The Kier molecular flexibility index (Phi) is 3.47. The number of fused-ring (bicyclic) bond motifs is 1. The smallest absolute Gasteiger partial charge is 0.332 e. The highest BCUT2D eigenvalue weighted by Crippen LogP contribution is 2.13. The standard InChI is InChI=1S/C12H16N4O4/c1-4-6(2)16-10-9(11(19)15(3)12(16)20)13-7(14-10)5-8(17)18/h6H,4-5H2,1-3H3,(H,13,14)(H,17,18).